The van der Waals surface area contributed by atoms with Crippen LogP contribution in [0.1, 0.15) is 83.1 Å². The van der Waals surface area contributed by atoms with Crippen LogP contribution >= 0.6 is 0 Å². The molecule has 0 radical (unpaired) electrons. The van der Waals surface area contributed by atoms with Crippen molar-refractivity contribution in [3.8, 4) is 69.0 Å². The van der Waals surface area contributed by atoms with E-state index in [2.05, 4.69) is 78.9 Å². The fraction of sp³-hybridized carbons (Fsp3) is 0.316. The van der Waals surface area contributed by atoms with Gasteiger partial charge in [0.05, 0.1) is 78.5 Å². The van der Waals surface area contributed by atoms with Crippen LogP contribution in [0.25, 0.3) is 0 Å². The number of hydrogen-bond acceptors (Lipinski definition) is 36. The molecule has 0 aliphatic heterocycles. The molecule has 0 aromatic heterocycles. The van der Waals surface area contributed by atoms with Crippen molar-refractivity contribution in [1.29, 1.82) is 0 Å². The van der Waals surface area contributed by atoms with E-state index in [0.29, 0.717) is 34.1 Å². The summed E-state index contributed by atoms with van der Waals surface area (Å²) in [5.74, 6) is -9.84. The quantitative estimate of drug-likeness (QED) is 0.0194. The van der Waals surface area contributed by atoms with Crippen molar-refractivity contribution in [3.63, 3.8) is 0 Å². The first kappa shape index (κ1) is 120. The maximum absolute atomic E-state index is 12.9. The maximum atomic E-state index is 12.9. The Morgan fingerprint density at radius 1 is 0.153 bits per heavy atom. The van der Waals surface area contributed by atoms with E-state index in [-0.39, 0.29) is 294 Å². The minimum Gasteiger partial charge on any atom is -0.460 e. The summed E-state index contributed by atoms with van der Waals surface area (Å²) in [4.78, 5) is 166. The normalized spacial score (nSPS) is 10.5. The van der Waals surface area contributed by atoms with Gasteiger partial charge in [-0.1, -0.05) is 78.9 Å². The van der Waals surface area contributed by atoms with Gasteiger partial charge in [-0.15, -0.1) is 0 Å². The van der Waals surface area contributed by atoms with Crippen molar-refractivity contribution < 1.29 is 143 Å². The van der Waals surface area contributed by atoms with Crippen LogP contribution in [0.3, 0.4) is 0 Å². The molecule has 36 heteroatoms. The van der Waals surface area contributed by atoms with Gasteiger partial charge < -0.3 is 115 Å². The van der Waals surface area contributed by atoms with Crippen molar-refractivity contribution in [1.82, 2.24) is 0 Å². The summed E-state index contributed by atoms with van der Waals surface area (Å²) >= 11 is 0. The van der Waals surface area contributed by atoms with E-state index in [1.54, 1.807) is 175 Å². The molecular formula is C114H132N6O30. The number of anilines is 6. The van der Waals surface area contributed by atoms with E-state index in [1.807, 2.05) is 0 Å². The summed E-state index contributed by atoms with van der Waals surface area (Å²) in [6.07, 6.45) is 0. The summed E-state index contributed by atoms with van der Waals surface area (Å²) in [6, 6.07) is 39.1. The van der Waals surface area contributed by atoms with Crippen LogP contribution in [0.5, 0.6) is 69.0 Å². The molecule has 0 fully saturated rings. The Morgan fingerprint density at radius 3 is 0.307 bits per heavy atom. The molecule has 0 spiro atoms. The topological polar surface area (TPSA) is 390 Å². The van der Waals surface area contributed by atoms with Crippen molar-refractivity contribution >= 4 is 106 Å². The van der Waals surface area contributed by atoms with Crippen LogP contribution in [0.4, 0.5) is 34.1 Å². The first-order valence-electron chi connectivity index (χ1n) is 47.6. The molecule has 150 heavy (non-hydrogen) atoms. The van der Waals surface area contributed by atoms with E-state index in [9.17, 15) is 57.5 Å². The second kappa shape index (κ2) is 60.6. The zero-order valence-corrected chi connectivity index (χ0v) is 87.2. The number of nitrogens with zero attached hydrogens (tertiary/aromatic N) is 6. The highest BCUT2D eigenvalue weighted by molar-refractivity contribution is 5.92. The Labute approximate surface area is 874 Å². The maximum Gasteiger partial charge on any atom is 0.333 e. The molecule has 0 aliphatic rings. The Balaban J connectivity index is 1.72. The average molecular weight is 2070 g/mol. The van der Waals surface area contributed by atoms with E-state index >= 15 is 0 Å². The van der Waals surface area contributed by atoms with Crippen LogP contribution < -0.4 is 57.8 Å². The predicted molar refractivity (Wildman–Crippen MR) is 568 cm³/mol. The van der Waals surface area contributed by atoms with Crippen LogP contribution in [0.15, 0.2) is 291 Å². The fourth-order valence-electron chi connectivity index (χ4n) is 12.9. The summed E-state index contributed by atoms with van der Waals surface area (Å²) in [7, 11) is 0. The van der Waals surface area contributed by atoms with Crippen LogP contribution in [-0.4, -0.2) is 229 Å². The number of esters is 12. The molecule has 7 rings (SSSR count). The molecule has 7 aromatic rings. The van der Waals surface area contributed by atoms with Gasteiger partial charge in [0.15, 0.2) is 0 Å². The number of hydrogen-bond donors (Lipinski definition) is 0. The number of rotatable bonds is 66. The van der Waals surface area contributed by atoms with Crippen LogP contribution in [0.2, 0.25) is 0 Å². The average Bonchev–Trinajstić information content (AvgIpc) is 0.745. The van der Waals surface area contributed by atoms with Gasteiger partial charge in [-0.25, -0.2) is 57.5 Å². The van der Waals surface area contributed by atoms with Gasteiger partial charge in [0.2, 0.25) is 34.5 Å². The third-order valence-electron chi connectivity index (χ3n) is 21.1. The largest absolute Gasteiger partial charge is 0.460 e. The Hall–Kier alpha value is -17.3. The van der Waals surface area contributed by atoms with E-state index in [1.165, 1.54) is 83.1 Å². The molecule has 7 aromatic carbocycles. The second-order valence-corrected chi connectivity index (χ2v) is 34.5. The summed E-state index contributed by atoms with van der Waals surface area (Å²) in [5.41, 5.74) is 4.65. The molecular weight excluding hydrogens is 1930 g/mol. The summed E-state index contributed by atoms with van der Waals surface area (Å²) in [6.45, 7) is 61.5. The lowest BCUT2D eigenvalue weighted by molar-refractivity contribution is -0.140. The Kier molecular flexibility index (Phi) is 48.3. The lowest BCUT2D eigenvalue weighted by atomic mass is 10.2. The van der Waals surface area contributed by atoms with Crippen LogP contribution in [-0.2, 0) is 114 Å². The Bertz CT molecular complexity index is 4940. The molecule has 798 valence electrons. The Morgan fingerprint density at radius 2 is 0.233 bits per heavy atom. The minimum atomic E-state index is -0.655. The van der Waals surface area contributed by atoms with Gasteiger partial charge in [-0.05, 0) is 229 Å². The smallest absolute Gasteiger partial charge is 0.333 e. The highest BCUT2D eigenvalue weighted by Crippen LogP contribution is 2.63. The fourth-order valence-corrected chi connectivity index (χ4v) is 12.9. The van der Waals surface area contributed by atoms with Crippen LogP contribution in [0, 0.1) is 0 Å². The molecule has 0 aliphatic carbocycles. The highest BCUT2D eigenvalue weighted by atomic mass is 16.6. The highest BCUT2D eigenvalue weighted by Gasteiger charge is 2.36. The van der Waals surface area contributed by atoms with Crippen molar-refractivity contribution in [2.24, 2.45) is 0 Å². The third-order valence-corrected chi connectivity index (χ3v) is 21.1. The molecule has 0 unspecified atom stereocenters. The van der Waals surface area contributed by atoms with E-state index in [0.717, 1.165) is 0 Å². The molecule has 0 bridgehead atoms. The van der Waals surface area contributed by atoms with Crippen molar-refractivity contribution in [3.05, 3.63) is 291 Å². The lowest BCUT2D eigenvalue weighted by Crippen LogP contribution is -2.32. The molecule has 0 atom stereocenters. The zero-order valence-electron chi connectivity index (χ0n) is 87.2. The first-order chi connectivity index (χ1) is 71.3. The van der Waals surface area contributed by atoms with Gasteiger partial charge in [0.25, 0.3) is 0 Å². The van der Waals surface area contributed by atoms with E-state index in [4.69, 9.17) is 85.3 Å². The van der Waals surface area contributed by atoms with Gasteiger partial charge >= 0.3 is 71.6 Å². The van der Waals surface area contributed by atoms with Gasteiger partial charge in [0.1, 0.15) is 114 Å². The predicted octanol–water partition coefficient (Wildman–Crippen LogP) is 18.7. The standard InChI is InChI=1S/C114H132N6O30/c1-73(2)103(121)133-61-49-115(50-62-134-104(122)74(3)4)85-25-37-91(38-26-85)145-97-98(146-92-39-27-86(28-40-92)116(51-63-135-105(123)75(5)6)52-64-136-106(124)76(7)8)100(148-94-43-31-88(32-44-94)118(55-67-139-109(127)79(13)14)56-68-140-110(128)80(15)16)102(150-96-47-35-90(36-48-96)120(59-71-143-113(131)83(21)22)60-72-144-114(132)84(23)24)101(149-95-45-33-89(34-46-95)119(57-69-141-111(129)81(17)18)58-70-142-112(130)82(19)20)99(97)147-93-41-29-87(30-42-93)117(53-65-137-107(125)77(9)10)54-66-138-108(126)78(11)12/h25-48H,1,3,5,7,9,11,13,15,17,19,21,23,49-72H2,2,4,6,8,10,12,14,16,18,20,22,24H3. The molecule has 0 N–H and O–H groups in total. The third kappa shape index (κ3) is 39.9. The number of ether oxygens (including phenoxy) is 18. The SMILES string of the molecule is C=C(C)C(=O)OCCN(CCOC(=O)C(=C)C)c1ccc(Oc2c(Oc3ccc(N(CCOC(=O)C(=C)C)CCOC(=O)C(=C)C)cc3)c(Oc3ccc(N(CCOC(=O)C(=C)C)CCOC(=O)C(=C)C)cc3)c(Oc3ccc(N(CCOC(=O)C(=C)C)CCOC(=O)C(=C)C)cc3)c(Oc3ccc(N(CCOC(=O)C(=C)C)CCOC(=O)C(=C)C)cc3)c2Oc2ccc(N(CCOC(=O)C(=C)C)CCOC(=O)C(=C)C)cc2)cc1. The molecule has 36 nitrogen and oxygen atoms in total. The number of benzene rings is 7. The monoisotopic (exact) mass is 2060 g/mol. The number of carbonyl (C=O) groups excluding carboxylic acids is 12. The van der Waals surface area contributed by atoms with Gasteiger partial charge in [0, 0.05) is 101 Å². The van der Waals surface area contributed by atoms with Crippen molar-refractivity contribution in [2.75, 3.05) is 187 Å². The van der Waals surface area contributed by atoms with Crippen molar-refractivity contribution in [2.45, 2.75) is 83.1 Å². The molecule has 0 saturated carbocycles. The first-order valence-corrected chi connectivity index (χ1v) is 47.6. The summed E-state index contributed by atoms with van der Waals surface area (Å²) < 4.78 is 112. The van der Waals surface area contributed by atoms with Gasteiger partial charge in [-0.3, -0.25) is 0 Å². The second-order valence-electron chi connectivity index (χ2n) is 34.5. The minimum absolute atomic E-state index is 0.0290. The van der Waals surface area contributed by atoms with Gasteiger partial charge in [-0.2, -0.15) is 0 Å². The number of carbonyl (C=O) groups is 12. The molecule has 0 heterocycles. The zero-order chi connectivity index (χ0) is 110. The van der Waals surface area contributed by atoms with E-state index < -0.39 is 71.6 Å². The molecule has 0 amide bonds. The summed E-state index contributed by atoms with van der Waals surface area (Å²) in [5, 5.41) is 0. The lowest BCUT2D eigenvalue weighted by Gasteiger charge is -2.28. The molecule has 0 saturated heterocycles.